The van der Waals surface area contributed by atoms with Crippen molar-refractivity contribution in [2.45, 2.75) is 26.6 Å². The summed E-state index contributed by atoms with van der Waals surface area (Å²) < 4.78 is 5.95. The molecule has 0 aliphatic rings. The van der Waals surface area contributed by atoms with Gasteiger partial charge in [0.1, 0.15) is 0 Å². The quantitative estimate of drug-likeness (QED) is 0.213. The van der Waals surface area contributed by atoms with Crippen LogP contribution < -0.4 is 21.7 Å². The maximum absolute atomic E-state index is 5.95. The van der Waals surface area contributed by atoms with Gasteiger partial charge in [0.15, 0.2) is 0 Å². The van der Waals surface area contributed by atoms with Crippen LogP contribution in [0.5, 0.6) is 0 Å². The number of nitrogens with zero attached hydrogens (tertiary/aromatic N) is 2. The van der Waals surface area contributed by atoms with Crippen LogP contribution in [0.25, 0.3) is 11.4 Å². The molecule has 0 heterocycles. The van der Waals surface area contributed by atoms with Crippen LogP contribution in [-0.4, -0.2) is 46.2 Å². The Kier molecular flexibility index (Phi) is 13.0. The first-order chi connectivity index (χ1) is 16.7. The largest absolute Gasteiger partial charge is 0.388 e. The normalized spacial score (nSPS) is 11.8. The van der Waals surface area contributed by atoms with Gasteiger partial charge in [0, 0.05) is 49.7 Å². The summed E-state index contributed by atoms with van der Waals surface area (Å²) in [6.07, 6.45) is 4.88. The van der Waals surface area contributed by atoms with Gasteiger partial charge in [-0.15, -0.1) is 0 Å². The summed E-state index contributed by atoms with van der Waals surface area (Å²) in [5, 5.41) is 9.78. The standard InChI is InChI=1S/C27H38N6O/c1-4-13-31-15-16-33-19-27(30-3)25-7-5-6-23(17-25)21-34-20-22-8-10-24(11-9-22)26(29-2)18-32-14-12-28/h5-11,17-19,31-33H,2-4,12-16,20-21,28H2,1H3/b26-18-,27-19-. The minimum atomic E-state index is 0.511. The third kappa shape index (κ3) is 9.70. The van der Waals surface area contributed by atoms with E-state index >= 15 is 0 Å². The van der Waals surface area contributed by atoms with Gasteiger partial charge >= 0.3 is 0 Å². The highest BCUT2D eigenvalue weighted by molar-refractivity contribution is 5.68. The molecule has 0 saturated carbocycles. The fraction of sp³-hybridized carbons (Fsp3) is 0.333. The molecule has 0 bridgehead atoms. The number of hydrogen-bond donors (Lipinski definition) is 4. The van der Waals surface area contributed by atoms with Gasteiger partial charge in [-0.1, -0.05) is 49.4 Å². The van der Waals surface area contributed by atoms with E-state index in [0.717, 1.165) is 59.7 Å². The lowest BCUT2D eigenvalue weighted by Crippen LogP contribution is -2.25. The predicted molar refractivity (Wildman–Crippen MR) is 145 cm³/mol. The molecule has 0 fully saturated rings. The minimum absolute atomic E-state index is 0.511. The van der Waals surface area contributed by atoms with Crippen molar-refractivity contribution in [3.05, 3.63) is 83.2 Å². The van der Waals surface area contributed by atoms with Crippen molar-refractivity contribution < 1.29 is 4.74 Å². The molecule has 5 N–H and O–H groups in total. The summed E-state index contributed by atoms with van der Waals surface area (Å²) in [6.45, 7) is 14.6. The van der Waals surface area contributed by atoms with Crippen molar-refractivity contribution >= 4 is 24.8 Å². The zero-order valence-electron chi connectivity index (χ0n) is 20.2. The number of nitrogens with one attached hydrogen (secondary N) is 3. The number of ether oxygens (including phenoxy) is 1. The van der Waals surface area contributed by atoms with Crippen LogP contribution >= 0.6 is 0 Å². The van der Waals surface area contributed by atoms with Crippen LogP contribution in [0.1, 0.15) is 35.6 Å². The molecule has 7 nitrogen and oxygen atoms in total. The van der Waals surface area contributed by atoms with Gasteiger partial charge in [0.2, 0.25) is 0 Å². The molecule has 0 atom stereocenters. The zero-order chi connectivity index (χ0) is 24.4. The Morgan fingerprint density at radius 3 is 2.21 bits per heavy atom. The Hall–Kier alpha value is -3.26. The molecule has 0 unspecified atom stereocenters. The van der Waals surface area contributed by atoms with E-state index in [2.05, 4.69) is 58.4 Å². The second-order valence-corrected chi connectivity index (χ2v) is 7.71. The first-order valence-corrected chi connectivity index (χ1v) is 11.7. The van der Waals surface area contributed by atoms with E-state index in [4.69, 9.17) is 10.5 Å². The number of benzene rings is 2. The molecular formula is C27H38N6O. The van der Waals surface area contributed by atoms with Crippen LogP contribution in [0.4, 0.5) is 0 Å². The predicted octanol–water partition coefficient (Wildman–Crippen LogP) is 3.54. The van der Waals surface area contributed by atoms with Gasteiger partial charge in [-0.25, -0.2) is 0 Å². The Balaban J connectivity index is 1.88. The van der Waals surface area contributed by atoms with E-state index in [1.54, 1.807) is 0 Å². The SMILES string of the molecule is C=N/C(=C\NCCN)c1ccc(COCc2cccc(/C(=C/NCCNCCC)N=C)c2)cc1. The van der Waals surface area contributed by atoms with Gasteiger partial charge in [0.25, 0.3) is 0 Å². The van der Waals surface area contributed by atoms with Crippen LogP contribution in [0.15, 0.2) is 70.9 Å². The Labute approximate surface area is 203 Å². The summed E-state index contributed by atoms with van der Waals surface area (Å²) >= 11 is 0. The fourth-order valence-electron chi connectivity index (χ4n) is 3.20. The second kappa shape index (κ2) is 16.4. The minimum Gasteiger partial charge on any atom is -0.388 e. The summed E-state index contributed by atoms with van der Waals surface area (Å²) in [5.41, 5.74) is 11.3. The number of rotatable bonds is 17. The van der Waals surface area contributed by atoms with Gasteiger partial charge < -0.3 is 26.4 Å². The Morgan fingerprint density at radius 1 is 0.853 bits per heavy atom. The maximum atomic E-state index is 5.95. The summed E-state index contributed by atoms with van der Waals surface area (Å²) in [7, 11) is 0. The van der Waals surface area contributed by atoms with E-state index in [1.165, 1.54) is 0 Å². The lowest BCUT2D eigenvalue weighted by molar-refractivity contribution is 0.107. The van der Waals surface area contributed by atoms with Gasteiger partial charge in [-0.05, 0) is 43.6 Å². The molecule has 34 heavy (non-hydrogen) atoms. The van der Waals surface area contributed by atoms with Crippen molar-refractivity contribution in [3.8, 4) is 0 Å². The molecule has 2 rings (SSSR count). The zero-order valence-corrected chi connectivity index (χ0v) is 20.2. The highest BCUT2D eigenvalue weighted by Gasteiger charge is 2.03. The number of hydrogen-bond acceptors (Lipinski definition) is 7. The van der Waals surface area contributed by atoms with Gasteiger partial charge in [0.05, 0.1) is 24.6 Å². The number of nitrogens with two attached hydrogens (primary N) is 1. The summed E-state index contributed by atoms with van der Waals surface area (Å²) in [4.78, 5) is 8.25. The third-order valence-electron chi connectivity index (χ3n) is 4.99. The molecule has 0 aliphatic carbocycles. The fourth-order valence-corrected chi connectivity index (χ4v) is 3.20. The molecule has 0 spiro atoms. The lowest BCUT2D eigenvalue weighted by Gasteiger charge is -2.09. The van der Waals surface area contributed by atoms with Crippen molar-refractivity contribution in [3.63, 3.8) is 0 Å². The monoisotopic (exact) mass is 462 g/mol. The molecule has 7 heteroatoms. The van der Waals surface area contributed by atoms with E-state index in [9.17, 15) is 0 Å². The van der Waals surface area contributed by atoms with Gasteiger partial charge in [-0.2, -0.15) is 0 Å². The molecule has 2 aromatic rings. The van der Waals surface area contributed by atoms with Crippen LogP contribution in [-0.2, 0) is 18.0 Å². The first kappa shape index (κ1) is 27.0. The highest BCUT2D eigenvalue weighted by atomic mass is 16.5. The van der Waals surface area contributed by atoms with E-state index < -0.39 is 0 Å². The van der Waals surface area contributed by atoms with Gasteiger partial charge in [-0.3, -0.25) is 9.98 Å². The van der Waals surface area contributed by atoms with Crippen LogP contribution in [0.3, 0.4) is 0 Å². The van der Waals surface area contributed by atoms with Crippen molar-refractivity contribution in [2.75, 3.05) is 32.7 Å². The molecule has 0 amide bonds. The summed E-state index contributed by atoms with van der Waals surface area (Å²) in [5.74, 6) is 0. The molecule has 182 valence electrons. The van der Waals surface area contributed by atoms with Crippen molar-refractivity contribution in [1.29, 1.82) is 0 Å². The van der Waals surface area contributed by atoms with Crippen molar-refractivity contribution in [2.24, 2.45) is 15.7 Å². The second-order valence-electron chi connectivity index (χ2n) is 7.71. The molecular weight excluding hydrogens is 424 g/mol. The average molecular weight is 463 g/mol. The van der Waals surface area contributed by atoms with E-state index in [0.29, 0.717) is 26.3 Å². The van der Waals surface area contributed by atoms with Crippen LogP contribution in [0, 0.1) is 0 Å². The smallest absolute Gasteiger partial charge is 0.0851 e. The molecule has 0 radical (unpaired) electrons. The average Bonchev–Trinajstić information content (AvgIpc) is 2.87. The first-order valence-electron chi connectivity index (χ1n) is 11.7. The summed E-state index contributed by atoms with van der Waals surface area (Å²) in [6, 6.07) is 16.3. The molecule has 0 aromatic heterocycles. The van der Waals surface area contributed by atoms with E-state index in [-0.39, 0.29) is 0 Å². The Morgan fingerprint density at radius 2 is 1.53 bits per heavy atom. The van der Waals surface area contributed by atoms with Crippen molar-refractivity contribution in [1.82, 2.24) is 16.0 Å². The highest BCUT2D eigenvalue weighted by Crippen LogP contribution is 2.18. The third-order valence-corrected chi connectivity index (χ3v) is 4.99. The van der Waals surface area contributed by atoms with E-state index in [1.807, 2.05) is 48.8 Å². The molecule has 0 aliphatic heterocycles. The lowest BCUT2D eigenvalue weighted by atomic mass is 10.1. The number of aliphatic imine (C=N–C) groups is 2. The molecule has 0 saturated heterocycles. The topological polar surface area (TPSA) is 96.1 Å². The Bertz CT molecular complexity index is 936. The maximum Gasteiger partial charge on any atom is 0.0851 e. The van der Waals surface area contributed by atoms with Crippen LogP contribution in [0.2, 0.25) is 0 Å². The molecule has 2 aromatic carbocycles.